The highest BCUT2D eigenvalue weighted by molar-refractivity contribution is 6.09. The number of carbonyl (C=O) groups excluding carboxylic acids is 3. The number of nitrogens with zero attached hydrogens (tertiary/aromatic N) is 1. The number of hydrogen-bond donors (Lipinski definition) is 2. The van der Waals surface area contributed by atoms with E-state index in [1.54, 1.807) is 19.9 Å². The van der Waals surface area contributed by atoms with Crippen molar-refractivity contribution in [2.24, 2.45) is 5.92 Å². The maximum atomic E-state index is 14.5. The second-order valence-electron chi connectivity index (χ2n) is 9.15. The molecule has 1 saturated heterocycles. The standard InChI is InChI=1S/C26H30FN3O3/c1-16-13-14-21(20(27)15-16)28-24(31)23(17(2)18-9-5-3-6-10-18)30-25(32)22(29-26(30)33)19-11-7-4-8-12-19/h3,5-6,9-10,13-15,17,19,22-23H,4,7-8,11-12H2,1-2H3,(H,28,31)(H,29,33)/t17?,22-,23?/m1/s1. The molecule has 2 aromatic rings. The smallest absolute Gasteiger partial charge is 0.325 e. The SMILES string of the molecule is Cc1ccc(NC(=O)C(C(C)c2ccccc2)N2C(=O)N[C@H](C3CCCCC3)C2=O)c(F)c1. The lowest BCUT2D eigenvalue weighted by Gasteiger charge is -2.31. The lowest BCUT2D eigenvalue weighted by Crippen LogP contribution is -2.51. The summed E-state index contributed by atoms with van der Waals surface area (Å²) in [6.07, 6.45) is 4.95. The van der Waals surface area contributed by atoms with E-state index in [0.717, 1.165) is 48.1 Å². The lowest BCUT2D eigenvalue weighted by atomic mass is 9.83. The van der Waals surface area contributed by atoms with Crippen LogP contribution in [0.4, 0.5) is 14.9 Å². The average molecular weight is 452 g/mol. The van der Waals surface area contributed by atoms with Crippen molar-refractivity contribution in [1.29, 1.82) is 0 Å². The van der Waals surface area contributed by atoms with E-state index in [9.17, 15) is 18.8 Å². The molecule has 3 atom stereocenters. The van der Waals surface area contributed by atoms with Crippen LogP contribution in [0, 0.1) is 18.7 Å². The predicted octanol–water partition coefficient (Wildman–Crippen LogP) is 4.75. The first kappa shape index (κ1) is 23.0. The minimum Gasteiger partial charge on any atom is -0.325 e. The Bertz CT molecular complexity index is 1040. The lowest BCUT2D eigenvalue weighted by molar-refractivity contribution is -0.135. The van der Waals surface area contributed by atoms with E-state index in [0.29, 0.717) is 0 Å². The molecule has 2 aliphatic rings. The summed E-state index contributed by atoms with van der Waals surface area (Å²) in [6, 6.07) is 11.5. The molecular formula is C26H30FN3O3. The highest BCUT2D eigenvalue weighted by atomic mass is 19.1. The summed E-state index contributed by atoms with van der Waals surface area (Å²) in [6.45, 7) is 3.56. The summed E-state index contributed by atoms with van der Waals surface area (Å²) >= 11 is 0. The third-order valence-electron chi connectivity index (χ3n) is 6.85. The van der Waals surface area contributed by atoms with Gasteiger partial charge in [0, 0.05) is 5.92 Å². The van der Waals surface area contributed by atoms with E-state index >= 15 is 0 Å². The van der Waals surface area contributed by atoms with Crippen molar-refractivity contribution < 1.29 is 18.8 Å². The van der Waals surface area contributed by atoms with Crippen LogP contribution in [0.2, 0.25) is 0 Å². The van der Waals surface area contributed by atoms with Crippen molar-refractivity contribution in [3.8, 4) is 0 Å². The zero-order valence-corrected chi connectivity index (χ0v) is 19.0. The zero-order chi connectivity index (χ0) is 23.5. The Labute approximate surface area is 193 Å². The van der Waals surface area contributed by atoms with Gasteiger partial charge in [0.25, 0.3) is 5.91 Å². The van der Waals surface area contributed by atoms with Crippen LogP contribution in [-0.2, 0) is 9.59 Å². The molecule has 6 nitrogen and oxygen atoms in total. The second kappa shape index (κ2) is 9.73. The van der Waals surface area contributed by atoms with E-state index in [1.807, 2.05) is 30.3 Å². The summed E-state index contributed by atoms with van der Waals surface area (Å²) in [5, 5.41) is 5.44. The van der Waals surface area contributed by atoms with Gasteiger partial charge in [0.2, 0.25) is 5.91 Å². The molecule has 0 radical (unpaired) electrons. The van der Waals surface area contributed by atoms with Crippen molar-refractivity contribution in [1.82, 2.24) is 10.2 Å². The first-order valence-corrected chi connectivity index (χ1v) is 11.6. The number of rotatable bonds is 6. The summed E-state index contributed by atoms with van der Waals surface area (Å²) in [5.41, 5.74) is 1.56. The van der Waals surface area contributed by atoms with Crippen LogP contribution in [-0.4, -0.2) is 34.8 Å². The van der Waals surface area contributed by atoms with Crippen LogP contribution in [0.5, 0.6) is 0 Å². The first-order chi connectivity index (χ1) is 15.9. The number of nitrogens with one attached hydrogen (secondary N) is 2. The molecule has 2 N–H and O–H groups in total. The number of anilines is 1. The van der Waals surface area contributed by atoms with Gasteiger partial charge in [-0.3, -0.25) is 9.59 Å². The molecule has 33 heavy (non-hydrogen) atoms. The number of amides is 4. The largest absolute Gasteiger partial charge is 0.325 e. The van der Waals surface area contributed by atoms with Gasteiger partial charge >= 0.3 is 6.03 Å². The summed E-state index contributed by atoms with van der Waals surface area (Å²) < 4.78 is 14.5. The zero-order valence-electron chi connectivity index (χ0n) is 19.0. The molecule has 1 saturated carbocycles. The molecule has 2 unspecified atom stereocenters. The number of aryl methyl sites for hydroxylation is 1. The van der Waals surface area contributed by atoms with Crippen LogP contribution < -0.4 is 10.6 Å². The van der Waals surface area contributed by atoms with Gasteiger partial charge < -0.3 is 10.6 Å². The maximum absolute atomic E-state index is 14.5. The molecule has 7 heteroatoms. The Kier molecular flexibility index (Phi) is 6.77. The number of halogens is 1. The van der Waals surface area contributed by atoms with Gasteiger partial charge in [-0.15, -0.1) is 0 Å². The Morgan fingerprint density at radius 2 is 1.79 bits per heavy atom. The van der Waals surface area contributed by atoms with Crippen LogP contribution >= 0.6 is 0 Å². The van der Waals surface area contributed by atoms with Gasteiger partial charge in [-0.1, -0.05) is 62.6 Å². The summed E-state index contributed by atoms with van der Waals surface area (Å²) in [5.74, 6) is -1.95. The van der Waals surface area contributed by atoms with Crippen molar-refractivity contribution in [2.75, 3.05) is 5.32 Å². The van der Waals surface area contributed by atoms with Crippen LogP contribution in [0.1, 0.15) is 56.1 Å². The van der Waals surface area contributed by atoms with Gasteiger partial charge in [0.05, 0.1) is 5.69 Å². The monoisotopic (exact) mass is 451 g/mol. The van der Waals surface area contributed by atoms with Crippen molar-refractivity contribution in [2.45, 2.75) is 64.0 Å². The average Bonchev–Trinajstić information content (AvgIpc) is 3.11. The Hall–Kier alpha value is -3.22. The summed E-state index contributed by atoms with van der Waals surface area (Å²) in [7, 11) is 0. The van der Waals surface area contributed by atoms with Gasteiger partial charge in [0.15, 0.2) is 0 Å². The van der Waals surface area contributed by atoms with E-state index < -0.39 is 35.8 Å². The fraction of sp³-hybridized carbons (Fsp3) is 0.423. The Morgan fingerprint density at radius 1 is 1.09 bits per heavy atom. The minimum atomic E-state index is -1.12. The normalized spacial score (nSPS) is 20.9. The molecule has 1 aliphatic carbocycles. The number of urea groups is 1. The predicted molar refractivity (Wildman–Crippen MR) is 124 cm³/mol. The number of hydrogen-bond acceptors (Lipinski definition) is 3. The Balaban J connectivity index is 1.65. The van der Waals surface area contributed by atoms with E-state index in [-0.39, 0.29) is 17.5 Å². The van der Waals surface area contributed by atoms with Crippen LogP contribution in [0.25, 0.3) is 0 Å². The molecule has 1 heterocycles. The first-order valence-electron chi connectivity index (χ1n) is 11.6. The molecular weight excluding hydrogens is 421 g/mol. The highest BCUT2D eigenvalue weighted by Crippen LogP contribution is 2.33. The Morgan fingerprint density at radius 3 is 2.45 bits per heavy atom. The third kappa shape index (κ3) is 4.77. The molecule has 2 aromatic carbocycles. The number of imide groups is 1. The molecule has 1 aliphatic heterocycles. The van der Waals surface area contributed by atoms with Crippen molar-refractivity contribution in [3.05, 3.63) is 65.5 Å². The number of carbonyl (C=O) groups is 3. The molecule has 4 rings (SSSR count). The van der Waals surface area contributed by atoms with Gasteiger partial charge in [-0.25, -0.2) is 14.1 Å². The quantitative estimate of drug-likeness (QED) is 0.623. The third-order valence-corrected chi connectivity index (χ3v) is 6.85. The fourth-order valence-electron chi connectivity index (χ4n) is 5.00. The van der Waals surface area contributed by atoms with Gasteiger partial charge in [0.1, 0.15) is 17.9 Å². The topological polar surface area (TPSA) is 78.5 Å². The minimum absolute atomic E-state index is 0.0201. The van der Waals surface area contributed by atoms with Crippen LogP contribution in [0.15, 0.2) is 48.5 Å². The van der Waals surface area contributed by atoms with E-state index in [4.69, 9.17) is 0 Å². The molecule has 174 valence electrons. The highest BCUT2D eigenvalue weighted by Gasteiger charge is 2.49. The number of benzene rings is 2. The molecule has 4 amide bonds. The summed E-state index contributed by atoms with van der Waals surface area (Å²) in [4.78, 5) is 41.0. The fourth-order valence-corrected chi connectivity index (χ4v) is 5.00. The molecule has 0 bridgehead atoms. The van der Waals surface area contributed by atoms with Crippen LogP contribution in [0.3, 0.4) is 0 Å². The van der Waals surface area contributed by atoms with Gasteiger partial charge in [-0.05, 0) is 48.9 Å². The van der Waals surface area contributed by atoms with Crippen molar-refractivity contribution in [3.63, 3.8) is 0 Å². The van der Waals surface area contributed by atoms with Crippen molar-refractivity contribution >= 4 is 23.5 Å². The van der Waals surface area contributed by atoms with E-state index in [1.165, 1.54) is 12.1 Å². The molecule has 0 spiro atoms. The van der Waals surface area contributed by atoms with E-state index in [2.05, 4.69) is 10.6 Å². The van der Waals surface area contributed by atoms with Gasteiger partial charge in [-0.2, -0.15) is 0 Å². The second-order valence-corrected chi connectivity index (χ2v) is 9.15. The maximum Gasteiger partial charge on any atom is 0.325 e. The molecule has 2 fully saturated rings. The molecule has 0 aromatic heterocycles.